The van der Waals surface area contributed by atoms with E-state index in [0.29, 0.717) is 18.7 Å². The molecular weight excluding hydrogens is 256 g/mol. The number of amides is 1. The number of benzene rings is 1. The van der Waals surface area contributed by atoms with Crippen molar-refractivity contribution in [3.8, 4) is 0 Å². The summed E-state index contributed by atoms with van der Waals surface area (Å²) < 4.78 is 25.0. The Balaban J connectivity index is 2.17. The number of rotatable bonds is 3. The highest BCUT2D eigenvalue weighted by atomic mass is 32.2. The van der Waals surface area contributed by atoms with Gasteiger partial charge in [0.05, 0.1) is 5.69 Å². The number of hydrogen-bond donors (Lipinski definition) is 3. The van der Waals surface area contributed by atoms with Crippen LogP contribution in [0.1, 0.15) is 12.5 Å². The van der Waals surface area contributed by atoms with Crippen molar-refractivity contribution in [2.45, 2.75) is 13.3 Å². The number of nitrogens with one attached hydrogen (secondary N) is 2. The molecule has 8 heteroatoms. The molecule has 0 radical (unpaired) electrons. The third-order valence-electron chi connectivity index (χ3n) is 2.51. The van der Waals surface area contributed by atoms with E-state index in [4.69, 9.17) is 5.73 Å². The summed E-state index contributed by atoms with van der Waals surface area (Å²) in [6, 6.07) is 5.25. The molecule has 0 aromatic heterocycles. The molecule has 0 saturated carbocycles. The first-order valence-electron chi connectivity index (χ1n) is 5.34. The Kier molecular flexibility index (Phi) is 3.14. The van der Waals surface area contributed by atoms with Gasteiger partial charge in [-0.2, -0.15) is 8.42 Å². The number of nitrogen functional groups attached to an aromatic ring is 1. The molecule has 98 valence electrons. The van der Waals surface area contributed by atoms with Crippen molar-refractivity contribution in [1.82, 2.24) is 9.55 Å². The number of carbonyl (C=O) groups excluding carboxylic acids is 1. The Morgan fingerprint density at radius 1 is 1.44 bits per heavy atom. The van der Waals surface area contributed by atoms with E-state index in [2.05, 4.69) is 4.83 Å². The number of nitrogens with zero attached hydrogens (tertiary/aromatic N) is 1. The molecule has 0 saturated heterocycles. The Labute approximate surface area is 105 Å². The maximum atomic E-state index is 11.6. The zero-order chi connectivity index (χ0) is 13.3. The van der Waals surface area contributed by atoms with Crippen LogP contribution in [0.5, 0.6) is 0 Å². The maximum absolute atomic E-state index is 11.6. The molecule has 1 heterocycles. The van der Waals surface area contributed by atoms with Crippen LogP contribution in [0.25, 0.3) is 0 Å². The van der Waals surface area contributed by atoms with Crippen LogP contribution < -0.4 is 20.3 Å². The molecule has 0 unspecified atom stereocenters. The zero-order valence-corrected chi connectivity index (χ0v) is 10.6. The number of hydrazine groups is 1. The van der Waals surface area contributed by atoms with Gasteiger partial charge < -0.3 is 5.73 Å². The van der Waals surface area contributed by atoms with Gasteiger partial charge in [-0.25, -0.2) is 4.72 Å². The highest BCUT2D eigenvalue weighted by Crippen LogP contribution is 2.28. The highest BCUT2D eigenvalue weighted by molar-refractivity contribution is 7.88. The summed E-state index contributed by atoms with van der Waals surface area (Å²) in [5.41, 5.74) is 8.02. The van der Waals surface area contributed by atoms with Crippen LogP contribution in [0.4, 0.5) is 11.4 Å². The molecule has 4 N–H and O–H groups in total. The molecular formula is C10H14N4O3S. The molecule has 1 aromatic carbocycles. The number of hydrogen-bond acceptors (Lipinski definition) is 5. The van der Waals surface area contributed by atoms with Crippen molar-refractivity contribution in [2.75, 3.05) is 17.3 Å². The SMILES string of the molecule is CC(=O)NS(=O)(=O)NN1CCc2cc(N)ccc21. The molecule has 1 amide bonds. The Morgan fingerprint density at radius 3 is 2.83 bits per heavy atom. The first-order valence-corrected chi connectivity index (χ1v) is 6.82. The summed E-state index contributed by atoms with van der Waals surface area (Å²) in [5.74, 6) is -0.640. The average Bonchev–Trinajstić information content (AvgIpc) is 2.57. The van der Waals surface area contributed by atoms with Gasteiger partial charge >= 0.3 is 10.2 Å². The fourth-order valence-electron chi connectivity index (χ4n) is 1.87. The molecule has 18 heavy (non-hydrogen) atoms. The predicted octanol–water partition coefficient (Wildman–Crippen LogP) is -0.483. The Bertz CT molecular complexity index is 585. The fourth-order valence-corrected chi connectivity index (χ4v) is 2.78. The number of fused-ring (bicyclic) bond motifs is 1. The smallest absolute Gasteiger partial charge is 0.318 e. The molecule has 1 aromatic rings. The van der Waals surface area contributed by atoms with Crippen LogP contribution in [0, 0.1) is 0 Å². The van der Waals surface area contributed by atoms with Gasteiger partial charge in [0.25, 0.3) is 0 Å². The van der Waals surface area contributed by atoms with Crippen LogP contribution in [0.15, 0.2) is 18.2 Å². The normalized spacial score (nSPS) is 14.4. The Morgan fingerprint density at radius 2 is 2.17 bits per heavy atom. The standard InChI is InChI=1S/C10H14N4O3S/c1-7(15)12-18(16,17)13-14-5-4-8-6-9(11)2-3-10(8)14/h2-3,6,13H,4-5,11H2,1H3,(H,12,15). The molecule has 0 bridgehead atoms. The summed E-state index contributed by atoms with van der Waals surface area (Å²) in [5, 5.41) is 1.47. The second-order valence-corrected chi connectivity index (χ2v) is 5.44. The topological polar surface area (TPSA) is 105 Å². The third kappa shape index (κ3) is 2.71. The summed E-state index contributed by atoms with van der Waals surface area (Å²) in [7, 11) is -3.87. The summed E-state index contributed by atoms with van der Waals surface area (Å²) in [4.78, 5) is 13.1. The van der Waals surface area contributed by atoms with Crippen LogP contribution in [-0.2, 0) is 21.4 Å². The largest absolute Gasteiger partial charge is 0.399 e. The summed E-state index contributed by atoms with van der Waals surface area (Å²) in [6.45, 7) is 1.63. The molecule has 0 spiro atoms. The fraction of sp³-hybridized carbons (Fsp3) is 0.300. The third-order valence-corrected chi connectivity index (χ3v) is 3.52. The lowest BCUT2D eigenvalue weighted by Crippen LogP contribution is -2.48. The average molecular weight is 270 g/mol. The van der Waals surface area contributed by atoms with Crippen molar-refractivity contribution in [3.63, 3.8) is 0 Å². The van der Waals surface area contributed by atoms with E-state index in [1.54, 1.807) is 12.1 Å². The number of carbonyl (C=O) groups is 1. The van der Waals surface area contributed by atoms with Crippen molar-refractivity contribution in [2.24, 2.45) is 0 Å². The van der Waals surface area contributed by atoms with E-state index < -0.39 is 16.1 Å². The van der Waals surface area contributed by atoms with E-state index in [9.17, 15) is 13.2 Å². The van der Waals surface area contributed by atoms with E-state index in [0.717, 1.165) is 18.2 Å². The van der Waals surface area contributed by atoms with Gasteiger partial charge in [0.15, 0.2) is 0 Å². The van der Waals surface area contributed by atoms with Crippen molar-refractivity contribution in [3.05, 3.63) is 23.8 Å². The summed E-state index contributed by atoms with van der Waals surface area (Å²) in [6.07, 6.45) is 0.697. The minimum absolute atomic E-state index is 0.498. The van der Waals surface area contributed by atoms with Gasteiger partial charge in [0, 0.05) is 19.2 Å². The minimum Gasteiger partial charge on any atom is -0.399 e. The van der Waals surface area contributed by atoms with Crippen molar-refractivity contribution in [1.29, 1.82) is 0 Å². The van der Waals surface area contributed by atoms with Gasteiger partial charge in [-0.15, -0.1) is 4.83 Å². The highest BCUT2D eigenvalue weighted by Gasteiger charge is 2.23. The first kappa shape index (κ1) is 12.7. The van der Waals surface area contributed by atoms with Crippen LogP contribution in [-0.4, -0.2) is 20.9 Å². The Hall–Kier alpha value is -1.80. The quantitative estimate of drug-likeness (QED) is 0.643. The number of nitrogens with two attached hydrogens (primary N) is 1. The van der Waals surface area contributed by atoms with Crippen molar-refractivity contribution >= 4 is 27.5 Å². The lowest BCUT2D eigenvalue weighted by Gasteiger charge is -2.20. The van der Waals surface area contributed by atoms with Crippen LogP contribution in [0.3, 0.4) is 0 Å². The first-order chi connectivity index (χ1) is 8.37. The maximum Gasteiger partial charge on any atom is 0.318 e. The lowest BCUT2D eigenvalue weighted by molar-refractivity contribution is -0.117. The van der Waals surface area contributed by atoms with Gasteiger partial charge in [-0.05, 0) is 30.2 Å². The lowest BCUT2D eigenvalue weighted by atomic mass is 10.1. The number of anilines is 2. The van der Waals surface area contributed by atoms with E-state index in [1.165, 1.54) is 5.01 Å². The molecule has 2 rings (SSSR count). The van der Waals surface area contributed by atoms with Crippen molar-refractivity contribution < 1.29 is 13.2 Å². The second kappa shape index (κ2) is 4.46. The van der Waals surface area contributed by atoms with E-state index in [1.807, 2.05) is 10.8 Å². The monoisotopic (exact) mass is 270 g/mol. The van der Waals surface area contributed by atoms with Gasteiger partial charge in [-0.3, -0.25) is 9.80 Å². The second-order valence-electron chi connectivity index (χ2n) is 4.04. The molecule has 1 aliphatic rings. The van der Waals surface area contributed by atoms with E-state index >= 15 is 0 Å². The zero-order valence-electron chi connectivity index (χ0n) is 9.80. The van der Waals surface area contributed by atoms with Gasteiger partial charge in [0.1, 0.15) is 0 Å². The summed E-state index contributed by atoms with van der Waals surface area (Å²) >= 11 is 0. The molecule has 0 fully saturated rings. The van der Waals surface area contributed by atoms with Gasteiger partial charge in [-0.1, -0.05) is 0 Å². The molecule has 1 aliphatic heterocycles. The predicted molar refractivity (Wildman–Crippen MR) is 67.8 cm³/mol. The molecule has 0 aliphatic carbocycles. The molecule has 7 nitrogen and oxygen atoms in total. The van der Waals surface area contributed by atoms with Crippen LogP contribution in [0.2, 0.25) is 0 Å². The van der Waals surface area contributed by atoms with E-state index in [-0.39, 0.29) is 0 Å². The van der Waals surface area contributed by atoms with Crippen LogP contribution >= 0.6 is 0 Å². The molecule has 0 atom stereocenters. The van der Waals surface area contributed by atoms with Gasteiger partial charge in [0.2, 0.25) is 5.91 Å². The minimum atomic E-state index is -3.87.